The van der Waals surface area contributed by atoms with Crippen LogP contribution in [0, 0.1) is 19.8 Å². The number of hydrogen-bond acceptors (Lipinski definition) is 3. The standard InChI is InChI=1S/C13H20N2O2.ClH/c1-8-4-11(6-14)7-15(8)13(16)12-5-9(2)17-10(12)3;/h5,8,11H,4,6-7,14H2,1-3H3;1H. The summed E-state index contributed by atoms with van der Waals surface area (Å²) in [6.07, 6.45) is 0.998. The summed E-state index contributed by atoms with van der Waals surface area (Å²) in [6.45, 7) is 7.19. The molecule has 0 aromatic carbocycles. The van der Waals surface area contributed by atoms with E-state index in [1.54, 1.807) is 0 Å². The minimum absolute atomic E-state index is 0. The number of nitrogens with two attached hydrogens (primary N) is 1. The van der Waals surface area contributed by atoms with Crippen molar-refractivity contribution in [2.75, 3.05) is 13.1 Å². The van der Waals surface area contributed by atoms with Crippen LogP contribution in [0.25, 0.3) is 0 Å². The van der Waals surface area contributed by atoms with E-state index in [9.17, 15) is 4.79 Å². The average Bonchev–Trinajstić information content (AvgIpc) is 2.81. The summed E-state index contributed by atoms with van der Waals surface area (Å²) < 4.78 is 5.41. The van der Waals surface area contributed by atoms with E-state index in [-0.39, 0.29) is 24.4 Å². The van der Waals surface area contributed by atoms with Gasteiger partial charge in [0.2, 0.25) is 0 Å². The zero-order valence-corrected chi connectivity index (χ0v) is 11.9. The van der Waals surface area contributed by atoms with Crippen molar-refractivity contribution >= 4 is 18.3 Å². The number of carbonyl (C=O) groups excluding carboxylic acids is 1. The van der Waals surface area contributed by atoms with E-state index in [0.717, 1.165) is 18.7 Å². The van der Waals surface area contributed by atoms with Crippen molar-refractivity contribution in [3.63, 3.8) is 0 Å². The molecule has 0 radical (unpaired) electrons. The van der Waals surface area contributed by atoms with Gasteiger partial charge in [-0.05, 0) is 45.7 Å². The molecule has 2 atom stereocenters. The smallest absolute Gasteiger partial charge is 0.257 e. The van der Waals surface area contributed by atoms with Gasteiger partial charge in [-0.15, -0.1) is 12.4 Å². The molecular weight excluding hydrogens is 252 g/mol. The van der Waals surface area contributed by atoms with Crippen LogP contribution in [-0.2, 0) is 0 Å². The molecule has 2 heterocycles. The van der Waals surface area contributed by atoms with Gasteiger partial charge in [0.05, 0.1) is 5.56 Å². The monoisotopic (exact) mass is 272 g/mol. The van der Waals surface area contributed by atoms with Crippen molar-refractivity contribution in [2.24, 2.45) is 11.7 Å². The first-order chi connectivity index (χ1) is 8.02. The second-order valence-electron chi connectivity index (χ2n) is 4.97. The van der Waals surface area contributed by atoms with Crippen LogP contribution in [0.1, 0.15) is 35.2 Å². The molecule has 18 heavy (non-hydrogen) atoms. The fourth-order valence-electron chi connectivity index (χ4n) is 2.59. The molecule has 1 saturated heterocycles. The van der Waals surface area contributed by atoms with Crippen LogP contribution in [0.3, 0.4) is 0 Å². The molecule has 0 saturated carbocycles. The van der Waals surface area contributed by atoms with Gasteiger partial charge < -0.3 is 15.1 Å². The maximum absolute atomic E-state index is 12.4. The van der Waals surface area contributed by atoms with Crippen LogP contribution in [0.5, 0.6) is 0 Å². The lowest BCUT2D eigenvalue weighted by Crippen LogP contribution is -2.34. The van der Waals surface area contributed by atoms with Crippen molar-refractivity contribution in [3.8, 4) is 0 Å². The lowest BCUT2D eigenvalue weighted by Gasteiger charge is -2.21. The number of carbonyl (C=O) groups is 1. The maximum Gasteiger partial charge on any atom is 0.257 e. The third-order valence-electron chi connectivity index (χ3n) is 3.53. The normalized spacial score (nSPS) is 23.0. The molecule has 1 aliphatic heterocycles. The number of halogens is 1. The van der Waals surface area contributed by atoms with E-state index in [0.29, 0.717) is 23.8 Å². The first kappa shape index (κ1) is 15.1. The van der Waals surface area contributed by atoms with Crippen molar-refractivity contribution in [2.45, 2.75) is 33.2 Å². The van der Waals surface area contributed by atoms with E-state index < -0.39 is 0 Å². The van der Waals surface area contributed by atoms with Gasteiger partial charge in [0.1, 0.15) is 11.5 Å². The summed E-state index contributed by atoms with van der Waals surface area (Å²) in [5, 5.41) is 0. The van der Waals surface area contributed by atoms with Crippen LogP contribution in [0.4, 0.5) is 0 Å². The Bertz CT molecular complexity index is 431. The first-order valence-electron chi connectivity index (χ1n) is 6.11. The molecule has 1 amide bonds. The molecule has 1 fully saturated rings. The van der Waals surface area contributed by atoms with Gasteiger partial charge >= 0.3 is 0 Å². The first-order valence-corrected chi connectivity index (χ1v) is 6.11. The third-order valence-corrected chi connectivity index (χ3v) is 3.53. The number of nitrogens with zero attached hydrogens (tertiary/aromatic N) is 1. The summed E-state index contributed by atoms with van der Waals surface area (Å²) in [6, 6.07) is 2.09. The van der Waals surface area contributed by atoms with Crippen molar-refractivity contribution in [1.82, 2.24) is 4.90 Å². The van der Waals surface area contributed by atoms with Gasteiger partial charge in [-0.2, -0.15) is 0 Å². The number of likely N-dealkylation sites (tertiary alicyclic amines) is 1. The molecule has 1 aromatic rings. The predicted molar refractivity (Wildman–Crippen MR) is 73.1 cm³/mol. The average molecular weight is 273 g/mol. The maximum atomic E-state index is 12.4. The summed E-state index contributed by atoms with van der Waals surface area (Å²) in [4.78, 5) is 14.3. The van der Waals surface area contributed by atoms with E-state index in [2.05, 4.69) is 6.92 Å². The van der Waals surface area contributed by atoms with Gasteiger partial charge in [0.15, 0.2) is 0 Å². The molecule has 4 nitrogen and oxygen atoms in total. The molecule has 2 unspecified atom stereocenters. The predicted octanol–water partition coefficient (Wildman–Crippen LogP) is 2.13. The van der Waals surface area contributed by atoms with Crippen LogP contribution in [0.15, 0.2) is 10.5 Å². The molecule has 0 bridgehead atoms. The Kier molecular flexibility index (Phi) is 4.82. The third kappa shape index (κ3) is 2.70. The Balaban J connectivity index is 0.00000162. The molecule has 102 valence electrons. The highest BCUT2D eigenvalue weighted by atomic mass is 35.5. The molecule has 1 aromatic heterocycles. The summed E-state index contributed by atoms with van der Waals surface area (Å²) in [5.41, 5.74) is 6.36. The summed E-state index contributed by atoms with van der Waals surface area (Å²) in [5.74, 6) is 1.99. The van der Waals surface area contributed by atoms with Crippen LogP contribution in [0.2, 0.25) is 0 Å². The molecule has 1 aliphatic rings. The highest BCUT2D eigenvalue weighted by Crippen LogP contribution is 2.26. The Morgan fingerprint density at radius 2 is 2.22 bits per heavy atom. The molecule has 0 aliphatic carbocycles. The van der Waals surface area contributed by atoms with E-state index in [1.165, 1.54) is 0 Å². The highest BCUT2D eigenvalue weighted by Gasteiger charge is 2.33. The van der Waals surface area contributed by atoms with Crippen LogP contribution >= 0.6 is 12.4 Å². The van der Waals surface area contributed by atoms with Crippen LogP contribution < -0.4 is 5.73 Å². The largest absolute Gasteiger partial charge is 0.466 e. The van der Waals surface area contributed by atoms with E-state index >= 15 is 0 Å². The zero-order chi connectivity index (χ0) is 12.6. The summed E-state index contributed by atoms with van der Waals surface area (Å²) >= 11 is 0. The van der Waals surface area contributed by atoms with E-state index in [4.69, 9.17) is 10.2 Å². The molecular formula is C13H21ClN2O2. The minimum atomic E-state index is 0. The van der Waals surface area contributed by atoms with Gasteiger partial charge in [-0.1, -0.05) is 0 Å². The Hall–Kier alpha value is -1.000. The number of hydrogen-bond donors (Lipinski definition) is 1. The topological polar surface area (TPSA) is 59.5 Å². The number of aryl methyl sites for hydroxylation is 2. The Morgan fingerprint density at radius 1 is 1.56 bits per heavy atom. The van der Waals surface area contributed by atoms with E-state index in [1.807, 2.05) is 24.8 Å². The second kappa shape index (κ2) is 5.76. The Morgan fingerprint density at radius 3 is 2.67 bits per heavy atom. The van der Waals surface area contributed by atoms with Gasteiger partial charge in [-0.25, -0.2) is 0 Å². The fourth-order valence-corrected chi connectivity index (χ4v) is 2.59. The minimum Gasteiger partial charge on any atom is -0.466 e. The second-order valence-corrected chi connectivity index (χ2v) is 4.97. The van der Waals surface area contributed by atoms with Gasteiger partial charge in [-0.3, -0.25) is 4.79 Å². The zero-order valence-electron chi connectivity index (χ0n) is 11.1. The van der Waals surface area contributed by atoms with Gasteiger partial charge in [0, 0.05) is 12.6 Å². The molecule has 0 spiro atoms. The fraction of sp³-hybridized carbons (Fsp3) is 0.615. The van der Waals surface area contributed by atoms with Crippen molar-refractivity contribution < 1.29 is 9.21 Å². The quantitative estimate of drug-likeness (QED) is 0.897. The highest BCUT2D eigenvalue weighted by molar-refractivity contribution is 5.95. The lowest BCUT2D eigenvalue weighted by atomic mass is 10.1. The summed E-state index contributed by atoms with van der Waals surface area (Å²) in [7, 11) is 0. The van der Waals surface area contributed by atoms with Gasteiger partial charge in [0.25, 0.3) is 5.91 Å². The number of amides is 1. The van der Waals surface area contributed by atoms with Crippen molar-refractivity contribution in [1.29, 1.82) is 0 Å². The molecule has 2 rings (SSSR count). The van der Waals surface area contributed by atoms with Crippen LogP contribution in [-0.4, -0.2) is 29.9 Å². The molecule has 5 heteroatoms. The molecule has 2 N–H and O–H groups in total. The number of rotatable bonds is 2. The SMILES string of the molecule is Cc1cc(C(=O)N2CC(CN)CC2C)c(C)o1.Cl. The lowest BCUT2D eigenvalue weighted by molar-refractivity contribution is 0.0741. The Labute approximate surface area is 114 Å². The number of furan rings is 1. The van der Waals surface area contributed by atoms with Crippen molar-refractivity contribution in [3.05, 3.63) is 23.2 Å².